The molecule has 1 atom stereocenters. The van der Waals surface area contributed by atoms with E-state index in [-0.39, 0.29) is 12.1 Å². The van der Waals surface area contributed by atoms with E-state index >= 15 is 0 Å². The minimum Gasteiger partial charge on any atom is -0.487 e. The third-order valence-electron chi connectivity index (χ3n) is 3.53. The summed E-state index contributed by atoms with van der Waals surface area (Å²) in [4.78, 5) is 14.4. The molecule has 0 aromatic heterocycles. The monoisotopic (exact) mass is 360 g/mol. The van der Waals surface area contributed by atoms with Crippen molar-refractivity contribution in [1.82, 2.24) is 0 Å². The number of ether oxygens (including phenoxy) is 1. The molecule has 0 fully saturated rings. The van der Waals surface area contributed by atoms with E-state index in [1.807, 2.05) is 56.3 Å². The van der Waals surface area contributed by atoms with Crippen molar-refractivity contribution in [3.05, 3.63) is 52.5 Å². The SMILES string of the molecule is Cc1ccc2c(c1)N(C(=O)Nc1ccccc1Br)C[C@@H](C)O2. The Morgan fingerprint density at radius 2 is 2.09 bits per heavy atom. The molecule has 1 aliphatic heterocycles. The molecule has 1 aliphatic rings. The fourth-order valence-electron chi connectivity index (χ4n) is 2.49. The molecule has 2 aromatic carbocycles. The van der Waals surface area contributed by atoms with Gasteiger partial charge in [0.25, 0.3) is 0 Å². The number of anilines is 2. The topological polar surface area (TPSA) is 41.6 Å². The number of rotatable bonds is 1. The maximum atomic E-state index is 12.7. The van der Waals surface area contributed by atoms with Crippen molar-refractivity contribution in [2.75, 3.05) is 16.8 Å². The lowest BCUT2D eigenvalue weighted by molar-refractivity contribution is 0.208. The lowest BCUT2D eigenvalue weighted by Gasteiger charge is -2.33. The van der Waals surface area contributed by atoms with Crippen molar-refractivity contribution in [1.29, 1.82) is 0 Å². The number of carbonyl (C=O) groups excluding carboxylic acids is 1. The van der Waals surface area contributed by atoms with Crippen molar-refractivity contribution in [3.8, 4) is 5.75 Å². The summed E-state index contributed by atoms with van der Waals surface area (Å²) >= 11 is 3.45. The van der Waals surface area contributed by atoms with Gasteiger partial charge in [0.2, 0.25) is 0 Å². The molecule has 0 aliphatic carbocycles. The third kappa shape index (κ3) is 2.95. The van der Waals surface area contributed by atoms with Crippen LogP contribution in [0.2, 0.25) is 0 Å². The van der Waals surface area contributed by atoms with Gasteiger partial charge < -0.3 is 10.1 Å². The number of amides is 2. The molecule has 0 bridgehead atoms. The fourth-order valence-corrected chi connectivity index (χ4v) is 2.87. The van der Waals surface area contributed by atoms with Gasteiger partial charge in [-0.3, -0.25) is 4.90 Å². The second-order valence-electron chi connectivity index (χ2n) is 5.42. The van der Waals surface area contributed by atoms with E-state index in [1.54, 1.807) is 4.90 Å². The minimum absolute atomic E-state index is 0.0415. The highest BCUT2D eigenvalue weighted by Crippen LogP contribution is 2.35. The van der Waals surface area contributed by atoms with E-state index in [0.717, 1.165) is 27.2 Å². The van der Waals surface area contributed by atoms with Gasteiger partial charge in [-0.2, -0.15) is 0 Å². The number of nitrogens with one attached hydrogen (secondary N) is 1. The molecule has 114 valence electrons. The Morgan fingerprint density at radius 3 is 2.86 bits per heavy atom. The molecule has 4 nitrogen and oxygen atoms in total. The van der Waals surface area contributed by atoms with Crippen LogP contribution in [-0.2, 0) is 0 Å². The van der Waals surface area contributed by atoms with Gasteiger partial charge in [-0.1, -0.05) is 18.2 Å². The normalized spacial score (nSPS) is 16.7. The van der Waals surface area contributed by atoms with E-state index in [9.17, 15) is 4.79 Å². The van der Waals surface area contributed by atoms with Gasteiger partial charge in [0.15, 0.2) is 0 Å². The number of urea groups is 1. The summed E-state index contributed by atoms with van der Waals surface area (Å²) in [7, 11) is 0. The van der Waals surface area contributed by atoms with Crippen molar-refractivity contribution < 1.29 is 9.53 Å². The first kappa shape index (κ1) is 14.9. The number of hydrogen-bond acceptors (Lipinski definition) is 2. The van der Waals surface area contributed by atoms with E-state index in [0.29, 0.717) is 6.54 Å². The average molecular weight is 361 g/mol. The molecule has 1 heterocycles. The Bertz CT molecular complexity index is 718. The lowest BCUT2D eigenvalue weighted by Crippen LogP contribution is -2.44. The van der Waals surface area contributed by atoms with E-state index in [4.69, 9.17) is 4.74 Å². The number of hydrogen-bond donors (Lipinski definition) is 1. The molecule has 0 radical (unpaired) electrons. The van der Waals surface area contributed by atoms with Crippen LogP contribution >= 0.6 is 15.9 Å². The average Bonchev–Trinajstić information content (AvgIpc) is 2.49. The molecule has 0 saturated heterocycles. The number of halogens is 1. The van der Waals surface area contributed by atoms with Gasteiger partial charge in [-0.25, -0.2) is 4.79 Å². The van der Waals surface area contributed by atoms with Crippen LogP contribution in [0.25, 0.3) is 0 Å². The van der Waals surface area contributed by atoms with Crippen LogP contribution in [0, 0.1) is 6.92 Å². The Balaban J connectivity index is 1.90. The molecule has 1 N–H and O–H groups in total. The number of aryl methyl sites for hydroxylation is 1. The first-order valence-corrected chi connectivity index (χ1v) is 7.94. The van der Waals surface area contributed by atoms with Gasteiger partial charge in [0.05, 0.1) is 17.9 Å². The highest BCUT2D eigenvalue weighted by molar-refractivity contribution is 9.10. The van der Waals surface area contributed by atoms with Crippen molar-refractivity contribution in [2.24, 2.45) is 0 Å². The van der Waals surface area contributed by atoms with Gasteiger partial charge in [-0.05, 0) is 59.6 Å². The zero-order chi connectivity index (χ0) is 15.7. The van der Waals surface area contributed by atoms with Gasteiger partial charge in [0.1, 0.15) is 11.9 Å². The Morgan fingerprint density at radius 1 is 1.32 bits per heavy atom. The molecular formula is C17H17BrN2O2. The van der Waals surface area contributed by atoms with Crippen LogP contribution in [0.5, 0.6) is 5.75 Å². The Hall–Kier alpha value is -2.01. The molecule has 3 rings (SSSR count). The zero-order valence-electron chi connectivity index (χ0n) is 12.5. The molecule has 5 heteroatoms. The van der Waals surface area contributed by atoms with Gasteiger partial charge >= 0.3 is 6.03 Å². The summed E-state index contributed by atoms with van der Waals surface area (Å²) < 4.78 is 6.67. The van der Waals surface area contributed by atoms with Crippen molar-refractivity contribution in [3.63, 3.8) is 0 Å². The minimum atomic E-state index is -0.158. The molecular weight excluding hydrogens is 344 g/mol. The van der Waals surface area contributed by atoms with Crippen LogP contribution in [-0.4, -0.2) is 18.7 Å². The first-order chi connectivity index (χ1) is 10.5. The summed E-state index contributed by atoms with van der Waals surface area (Å²) in [5.41, 5.74) is 2.65. The zero-order valence-corrected chi connectivity index (χ0v) is 14.1. The second-order valence-corrected chi connectivity index (χ2v) is 6.27. The van der Waals surface area contributed by atoms with Gasteiger partial charge in [-0.15, -0.1) is 0 Å². The first-order valence-electron chi connectivity index (χ1n) is 7.15. The number of para-hydroxylation sites is 1. The summed E-state index contributed by atoms with van der Waals surface area (Å²) in [5, 5.41) is 2.95. The van der Waals surface area contributed by atoms with Crippen LogP contribution in [0.15, 0.2) is 46.9 Å². The maximum Gasteiger partial charge on any atom is 0.326 e. The smallest absolute Gasteiger partial charge is 0.326 e. The Kier molecular flexibility index (Phi) is 4.07. The van der Waals surface area contributed by atoms with E-state index in [2.05, 4.69) is 21.2 Å². The van der Waals surface area contributed by atoms with Crippen LogP contribution < -0.4 is 15.0 Å². The highest BCUT2D eigenvalue weighted by atomic mass is 79.9. The summed E-state index contributed by atoms with van der Waals surface area (Å²) in [6.45, 7) is 4.48. The maximum absolute atomic E-state index is 12.7. The second kappa shape index (κ2) is 6.01. The lowest BCUT2D eigenvalue weighted by atomic mass is 10.1. The number of carbonyl (C=O) groups is 1. The van der Waals surface area contributed by atoms with Gasteiger partial charge in [0, 0.05) is 4.47 Å². The molecule has 22 heavy (non-hydrogen) atoms. The number of fused-ring (bicyclic) bond motifs is 1. The summed E-state index contributed by atoms with van der Waals surface area (Å²) in [6, 6.07) is 13.3. The third-order valence-corrected chi connectivity index (χ3v) is 4.23. The standard InChI is InChI=1S/C17H17BrN2O2/c1-11-7-8-16-15(9-11)20(10-12(2)22-16)17(21)19-14-6-4-3-5-13(14)18/h3-9,12H,10H2,1-2H3,(H,19,21)/t12-/m1/s1. The quantitative estimate of drug-likeness (QED) is 0.808. The molecule has 0 saturated carbocycles. The van der Waals surface area contributed by atoms with Crippen molar-refractivity contribution in [2.45, 2.75) is 20.0 Å². The van der Waals surface area contributed by atoms with Crippen LogP contribution in [0.3, 0.4) is 0 Å². The van der Waals surface area contributed by atoms with E-state index in [1.165, 1.54) is 0 Å². The predicted molar refractivity (Wildman–Crippen MR) is 91.8 cm³/mol. The largest absolute Gasteiger partial charge is 0.487 e. The Labute approximate surface area is 138 Å². The van der Waals surface area contributed by atoms with Crippen LogP contribution in [0.1, 0.15) is 12.5 Å². The number of nitrogens with zero attached hydrogens (tertiary/aromatic N) is 1. The van der Waals surface area contributed by atoms with E-state index < -0.39 is 0 Å². The highest BCUT2D eigenvalue weighted by Gasteiger charge is 2.28. The summed E-state index contributed by atoms with van der Waals surface area (Å²) in [5.74, 6) is 0.742. The predicted octanol–water partition coefficient (Wildman–Crippen LogP) is 4.58. The summed E-state index contributed by atoms with van der Waals surface area (Å²) in [6.07, 6.45) is -0.0415. The molecule has 0 unspecified atom stereocenters. The van der Waals surface area contributed by atoms with Crippen LogP contribution in [0.4, 0.5) is 16.2 Å². The molecule has 2 amide bonds. The number of benzene rings is 2. The fraction of sp³-hybridized carbons (Fsp3) is 0.235. The molecule has 0 spiro atoms. The van der Waals surface area contributed by atoms with Crippen molar-refractivity contribution >= 4 is 33.3 Å². The molecule has 2 aromatic rings.